The average molecular weight is 324 g/mol. The lowest BCUT2D eigenvalue weighted by Gasteiger charge is -2.21. The van der Waals surface area contributed by atoms with E-state index in [1.807, 2.05) is 36.4 Å². The number of benzene rings is 3. The summed E-state index contributed by atoms with van der Waals surface area (Å²) in [6.45, 7) is 1.78. The second-order valence-electron chi connectivity index (χ2n) is 5.24. The summed E-state index contributed by atoms with van der Waals surface area (Å²) < 4.78 is 19.6. The molecule has 0 aromatic heterocycles. The molecule has 0 amide bonds. The highest BCUT2D eigenvalue weighted by Crippen LogP contribution is 2.47. The van der Waals surface area contributed by atoms with Crippen molar-refractivity contribution in [3.8, 4) is 11.5 Å². The molecule has 0 aliphatic heterocycles. The Morgan fingerprint density at radius 1 is 0.783 bits per heavy atom. The Balaban J connectivity index is 2.14. The summed E-state index contributed by atoms with van der Waals surface area (Å²) >= 11 is 0. The topological polar surface area (TPSA) is 46.5 Å². The largest absolute Gasteiger partial charge is 0.504 e. The molecule has 0 heterocycles. The molecule has 0 saturated carbocycles. The molecule has 0 aliphatic carbocycles. The van der Waals surface area contributed by atoms with Gasteiger partial charge in [-0.15, -0.1) is 0 Å². The minimum Gasteiger partial charge on any atom is -0.504 e. The van der Waals surface area contributed by atoms with Crippen LogP contribution in [0.5, 0.6) is 11.5 Å². The molecule has 3 nitrogen and oxygen atoms in total. The lowest BCUT2D eigenvalue weighted by Crippen LogP contribution is -2.20. The minimum absolute atomic E-state index is 0.0135. The second kappa shape index (κ2) is 6.31. The van der Waals surface area contributed by atoms with Gasteiger partial charge in [0.15, 0.2) is 11.5 Å². The molecule has 116 valence electrons. The van der Waals surface area contributed by atoms with Crippen LogP contribution >= 0.6 is 7.37 Å². The maximum atomic E-state index is 13.7. The first kappa shape index (κ1) is 15.4. The summed E-state index contributed by atoms with van der Waals surface area (Å²) in [5.74, 6) is 0.237. The van der Waals surface area contributed by atoms with E-state index in [9.17, 15) is 9.67 Å². The minimum atomic E-state index is -3.35. The van der Waals surface area contributed by atoms with Gasteiger partial charge in [-0.3, -0.25) is 4.57 Å². The van der Waals surface area contributed by atoms with Crippen LogP contribution in [0.25, 0.3) is 0 Å². The number of phenolic OH excluding ortho intramolecular Hbond substituents is 1. The molecule has 0 unspecified atom stereocenters. The van der Waals surface area contributed by atoms with Gasteiger partial charge in [0.1, 0.15) is 0 Å². The fourth-order valence-electron chi connectivity index (χ4n) is 2.35. The highest BCUT2D eigenvalue weighted by Gasteiger charge is 2.30. The van der Waals surface area contributed by atoms with Gasteiger partial charge in [-0.1, -0.05) is 48.5 Å². The zero-order valence-corrected chi connectivity index (χ0v) is 13.6. The van der Waals surface area contributed by atoms with Crippen LogP contribution in [0.3, 0.4) is 0 Å². The normalized spacial score (nSPS) is 11.2. The third kappa shape index (κ3) is 3.01. The van der Waals surface area contributed by atoms with Crippen molar-refractivity contribution in [1.29, 1.82) is 0 Å². The number of aryl methyl sites for hydroxylation is 1. The SMILES string of the molecule is Cc1cccc(OP(=O)(c2ccccc2)c2ccccc2)c1O. The van der Waals surface area contributed by atoms with Crippen molar-refractivity contribution in [2.24, 2.45) is 0 Å². The highest BCUT2D eigenvalue weighted by atomic mass is 31.2. The first-order valence-electron chi connectivity index (χ1n) is 7.31. The van der Waals surface area contributed by atoms with Crippen molar-refractivity contribution in [2.75, 3.05) is 0 Å². The van der Waals surface area contributed by atoms with E-state index in [1.54, 1.807) is 49.4 Å². The summed E-state index contributed by atoms with van der Waals surface area (Å²) in [4.78, 5) is 0. The van der Waals surface area contributed by atoms with Crippen LogP contribution in [-0.2, 0) is 4.57 Å². The molecule has 0 fully saturated rings. The van der Waals surface area contributed by atoms with Crippen molar-refractivity contribution in [2.45, 2.75) is 6.92 Å². The highest BCUT2D eigenvalue weighted by molar-refractivity contribution is 7.74. The number of hydrogen-bond donors (Lipinski definition) is 1. The lowest BCUT2D eigenvalue weighted by atomic mass is 10.2. The molecule has 3 rings (SSSR count). The molecule has 4 heteroatoms. The average Bonchev–Trinajstić information content (AvgIpc) is 2.60. The van der Waals surface area contributed by atoms with Crippen LogP contribution in [-0.4, -0.2) is 5.11 Å². The molecule has 1 N–H and O–H groups in total. The Morgan fingerprint density at radius 2 is 1.30 bits per heavy atom. The van der Waals surface area contributed by atoms with Gasteiger partial charge < -0.3 is 9.63 Å². The van der Waals surface area contributed by atoms with Crippen molar-refractivity contribution >= 4 is 18.0 Å². The molecular weight excluding hydrogens is 307 g/mol. The number of para-hydroxylation sites is 1. The van der Waals surface area contributed by atoms with Crippen molar-refractivity contribution in [3.05, 3.63) is 84.4 Å². The third-order valence-corrected chi connectivity index (χ3v) is 6.03. The van der Waals surface area contributed by atoms with Gasteiger partial charge in [0.25, 0.3) is 0 Å². The van der Waals surface area contributed by atoms with E-state index in [2.05, 4.69) is 0 Å². The Labute approximate surface area is 135 Å². The van der Waals surface area contributed by atoms with E-state index < -0.39 is 7.37 Å². The van der Waals surface area contributed by atoms with Crippen LogP contribution in [0.1, 0.15) is 5.56 Å². The fraction of sp³-hybridized carbons (Fsp3) is 0.0526. The molecule has 0 aliphatic rings. The van der Waals surface area contributed by atoms with E-state index in [0.29, 0.717) is 16.2 Å². The van der Waals surface area contributed by atoms with Crippen molar-refractivity contribution < 1.29 is 14.2 Å². The zero-order chi connectivity index (χ0) is 16.3. The number of phenols is 1. The molecule has 0 saturated heterocycles. The van der Waals surface area contributed by atoms with Gasteiger partial charge >= 0.3 is 7.37 Å². The quantitative estimate of drug-likeness (QED) is 0.738. The predicted molar refractivity (Wildman–Crippen MR) is 93.2 cm³/mol. The van der Waals surface area contributed by atoms with Gasteiger partial charge in [-0.2, -0.15) is 0 Å². The molecule has 3 aromatic carbocycles. The maximum Gasteiger partial charge on any atom is 0.306 e. The molecule has 23 heavy (non-hydrogen) atoms. The number of rotatable bonds is 4. The van der Waals surface area contributed by atoms with E-state index in [-0.39, 0.29) is 11.5 Å². The molecule has 0 bridgehead atoms. The van der Waals surface area contributed by atoms with Crippen molar-refractivity contribution in [1.82, 2.24) is 0 Å². The fourth-order valence-corrected chi connectivity index (χ4v) is 4.41. The summed E-state index contributed by atoms with van der Waals surface area (Å²) in [5, 5.41) is 11.4. The standard InChI is InChI=1S/C19H17O3P/c1-15-9-8-14-18(19(15)20)22-23(21,16-10-4-2-5-11-16)17-12-6-3-7-13-17/h2-14,20H,1H3. The van der Waals surface area contributed by atoms with E-state index in [0.717, 1.165) is 0 Å². The van der Waals surface area contributed by atoms with Gasteiger partial charge in [0.05, 0.1) is 10.6 Å². The Bertz CT molecular complexity index is 802. The zero-order valence-electron chi connectivity index (χ0n) is 12.7. The Morgan fingerprint density at radius 3 is 1.83 bits per heavy atom. The van der Waals surface area contributed by atoms with Crippen LogP contribution in [0, 0.1) is 6.92 Å². The third-order valence-electron chi connectivity index (χ3n) is 3.62. The number of aromatic hydroxyl groups is 1. The number of hydrogen-bond acceptors (Lipinski definition) is 3. The summed E-state index contributed by atoms with van der Waals surface area (Å²) in [5.41, 5.74) is 0.676. The summed E-state index contributed by atoms with van der Waals surface area (Å²) in [6.07, 6.45) is 0. The summed E-state index contributed by atoms with van der Waals surface area (Å²) in [6, 6.07) is 23.3. The van der Waals surface area contributed by atoms with E-state index >= 15 is 0 Å². The molecular formula is C19H17O3P. The smallest absolute Gasteiger partial charge is 0.306 e. The van der Waals surface area contributed by atoms with Crippen LogP contribution in [0.2, 0.25) is 0 Å². The van der Waals surface area contributed by atoms with Crippen molar-refractivity contribution in [3.63, 3.8) is 0 Å². The first-order chi connectivity index (χ1) is 11.1. The molecule has 0 radical (unpaired) electrons. The molecule has 3 aromatic rings. The van der Waals surface area contributed by atoms with Crippen LogP contribution < -0.4 is 15.1 Å². The molecule has 0 spiro atoms. The van der Waals surface area contributed by atoms with Crippen LogP contribution in [0.4, 0.5) is 0 Å². The van der Waals surface area contributed by atoms with E-state index in [1.165, 1.54) is 0 Å². The van der Waals surface area contributed by atoms with Gasteiger partial charge in [-0.05, 0) is 42.8 Å². The van der Waals surface area contributed by atoms with Gasteiger partial charge in [-0.25, -0.2) is 0 Å². The molecule has 0 atom stereocenters. The summed E-state index contributed by atoms with van der Waals surface area (Å²) in [7, 11) is -3.35. The van der Waals surface area contributed by atoms with Gasteiger partial charge in [0.2, 0.25) is 0 Å². The van der Waals surface area contributed by atoms with E-state index in [4.69, 9.17) is 4.52 Å². The predicted octanol–water partition coefficient (Wildman–Crippen LogP) is 4.01. The lowest BCUT2D eigenvalue weighted by molar-refractivity contribution is 0.431. The second-order valence-corrected chi connectivity index (χ2v) is 7.55. The Hall–Kier alpha value is -2.51. The monoisotopic (exact) mass is 324 g/mol. The van der Waals surface area contributed by atoms with Gasteiger partial charge in [0, 0.05) is 0 Å². The Kier molecular flexibility index (Phi) is 4.22. The van der Waals surface area contributed by atoms with Crippen LogP contribution in [0.15, 0.2) is 78.9 Å². The first-order valence-corrected chi connectivity index (χ1v) is 8.93. The maximum absolute atomic E-state index is 13.7.